The number of benzene rings is 2. The van der Waals surface area contributed by atoms with E-state index < -0.39 is 11.9 Å². The molecule has 230 valence electrons. The highest BCUT2D eigenvalue weighted by Crippen LogP contribution is 2.26. The molecule has 0 saturated carbocycles. The van der Waals surface area contributed by atoms with Crippen molar-refractivity contribution in [3.63, 3.8) is 0 Å². The number of carbonyl (C=O) groups excluding carboxylic acids is 3. The number of rotatable bonds is 13. The standard InChI is InChI=1S/C35H42N6O3/c1-24(42)38-27-17-13-25(14-18-27)22-32(34(36)44)39-33(43)12-7-5-6-10-29-23-31(30-11-8-9-21-37-30)40-41(29)28-19-15-26(16-20-28)35(2,3)4/h8-9,11,13-21,23,32H,5-7,10,12,22H2,1-4H3,(H2,36,44)(H,38,42)(H,39,43)/t32-/m0/s1. The Morgan fingerprint density at radius 3 is 2.25 bits per heavy atom. The topological polar surface area (TPSA) is 132 Å². The lowest BCUT2D eigenvalue weighted by molar-refractivity contribution is -0.127. The van der Waals surface area contributed by atoms with Gasteiger partial charge in [0.25, 0.3) is 0 Å². The van der Waals surface area contributed by atoms with Crippen molar-refractivity contribution < 1.29 is 14.4 Å². The molecule has 1 atom stereocenters. The Balaban J connectivity index is 1.32. The first-order valence-corrected chi connectivity index (χ1v) is 15.1. The largest absolute Gasteiger partial charge is 0.368 e. The third-order valence-corrected chi connectivity index (χ3v) is 7.42. The molecule has 0 aliphatic heterocycles. The summed E-state index contributed by atoms with van der Waals surface area (Å²) in [5, 5.41) is 10.4. The van der Waals surface area contributed by atoms with Crippen LogP contribution in [0.1, 0.15) is 70.2 Å². The molecule has 0 aliphatic rings. The van der Waals surface area contributed by atoms with Gasteiger partial charge in [0.1, 0.15) is 11.7 Å². The smallest absolute Gasteiger partial charge is 0.240 e. The number of anilines is 1. The number of hydrogen-bond acceptors (Lipinski definition) is 5. The first kappa shape index (κ1) is 32.1. The minimum absolute atomic E-state index is 0.0641. The summed E-state index contributed by atoms with van der Waals surface area (Å²) in [6.45, 7) is 8.03. The lowest BCUT2D eigenvalue weighted by Gasteiger charge is -2.19. The van der Waals surface area contributed by atoms with Gasteiger partial charge < -0.3 is 16.4 Å². The van der Waals surface area contributed by atoms with Gasteiger partial charge >= 0.3 is 0 Å². The van der Waals surface area contributed by atoms with Crippen molar-refractivity contribution in [1.82, 2.24) is 20.1 Å². The summed E-state index contributed by atoms with van der Waals surface area (Å²) < 4.78 is 1.99. The number of amides is 3. The van der Waals surface area contributed by atoms with Crippen molar-refractivity contribution in [1.29, 1.82) is 0 Å². The van der Waals surface area contributed by atoms with Crippen LogP contribution in [0.2, 0.25) is 0 Å². The lowest BCUT2D eigenvalue weighted by atomic mass is 9.87. The minimum Gasteiger partial charge on any atom is -0.368 e. The van der Waals surface area contributed by atoms with E-state index in [0.29, 0.717) is 18.5 Å². The number of pyridine rings is 1. The van der Waals surface area contributed by atoms with Crippen LogP contribution in [0.15, 0.2) is 79.0 Å². The van der Waals surface area contributed by atoms with E-state index in [2.05, 4.69) is 66.7 Å². The first-order chi connectivity index (χ1) is 21.0. The number of aromatic nitrogens is 3. The van der Waals surface area contributed by atoms with Crippen LogP contribution in [0.25, 0.3) is 17.1 Å². The Morgan fingerprint density at radius 1 is 0.909 bits per heavy atom. The zero-order chi connectivity index (χ0) is 31.7. The number of unbranched alkanes of at least 4 members (excludes halogenated alkanes) is 2. The van der Waals surface area contributed by atoms with E-state index >= 15 is 0 Å². The highest BCUT2D eigenvalue weighted by atomic mass is 16.2. The molecule has 44 heavy (non-hydrogen) atoms. The Morgan fingerprint density at radius 2 is 1.64 bits per heavy atom. The summed E-state index contributed by atoms with van der Waals surface area (Å²) in [6.07, 6.45) is 5.54. The van der Waals surface area contributed by atoms with Crippen LogP contribution in [-0.4, -0.2) is 38.5 Å². The van der Waals surface area contributed by atoms with Crippen molar-refractivity contribution in [2.45, 2.75) is 77.7 Å². The van der Waals surface area contributed by atoms with E-state index in [4.69, 9.17) is 10.8 Å². The molecule has 0 saturated heterocycles. The molecule has 0 spiro atoms. The maximum absolute atomic E-state index is 12.7. The van der Waals surface area contributed by atoms with Crippen LogP contribution >= 0.6 is 0 Å². The van der Waals surface area contributed by atoms with Gasteiger partial charge in [-0.25, -0.2) is 4.68 Å². The van der Waals surface area contributed by atoms with Gasteiger partial charge in [-0.3, -0.25) is 19.4 Å². The molecule has 0 fully saturated rings. The number of nitrogens with zero attached hydrogens (tertiary/aromatic N) is 3. The van der Waals surface area contributed by atoms with Gasteiger partial charge in [-0.05, 0) is 78.3 Å². The molecule has 4 aromatic rings. The molecule has 2 aromatic carbocycles. The Bertz CT molecular complexity index is 1560. The second kappa shape index (κ2) is 14.6. The zero-order valence-electron chi connectivity index (χ0n) is 26.0. The van der Waals surface area contributed by atoms with E-state index in [1.54, 1.807) is 30.5 Å². The molecule has 0 radical (unpaired) electrons. The third kappa shape index (κ3) is 9.10. The van der Waals surface area contributed by atoms with Crippen LogP contribution in [0.3, 0.4) is 0 Å². The van der Waals surface area contributed by atoms with E-state index in [9.17, 15) is 14.4 Å². The van der Waals surface area contributed by atoms with Crippen molar-refractivity contribution in [2.75, 3.05) is 5.32 Å². The third-order valence-electron chi connectivity index (χ3n) is 7.42. The lowest BCUT2D eigenvalue weighted by Crippen LogP contribution is -2.45. The maximum Gasteiger partial charge on any atom is 0.240 e. The molecule has 4 N–H and O–H groups in total. The predicted octanol–water partition coefficient (Wildman–Crippen LogP) is 5.51. The minimum atomic E-state index is -0.807. The molecular weight excluding hydrogens is 552 g/mol. The monoisotopic (exact) mass is 594 g/mol. The second-order valence-electron chi connectivity index (χ2n) is 12.1. The number of nitrogens with one attached hydrogen (secondary N) is 2. The van der Waals surface area contributed by atoms with E-state index in [0.717, 1.165) is 47.6 Å². The Labute approximate surface area is 259 Å². The summed E-state index contributed by atoms with van der Waals surface area (Å²) in [5.41, 5.74) is 12.1. The highest BCUT2D eigenvalue weighted by Gasteiger charge is 2.19. The summed E-state index contributed by atoms with van der Waals surface area (Å²) in [5.74, 6) is -0.951. The van der Waals surface area contributed by atoms with Crippen molar-refractivity contribution in [3.05, 3.63) is 95.8 Å². The van der Waals surface area contributed by atoms with E-state index in [-0.39, 0.29) is 23.7 Å². The van der Waals surface area contributed by atoms with Gasteiger partial charge in [-0.2, -0.15) is 5.10 Å². The fourth-order valence-corrected chi connectivity index (χ4v) is 4.98. The normalized spacial score (nSPS) is 12.0. The van der Waals surface area contributed by atoms with E-state index in [1.807, 2.05) is 22.9 Å². The number of aryl methyl sites for hydroxylation is 1. The maximum atomic E-state index is 12.7. The second-order valence-corrected chi connectivity index (χ2v) is 12.1. The van der Waals surface area contributed by atoms with Gasteiger partial charge in [-0.15, -0.1) is 0 Å². The predicted molar refractivity (Wildman–Crippen MR) is 173 cm³/mol. The summed E-state index contributed by atoms with van der Waals surface area (Å²) in [7, 11) is 0. The van der Waals surface area contributed by atoms with E-state index in [1.165, 1.54) is 12.5 Å². The average molecular weight is 595 g/mol. The van der Waals surface area contributed by atoms with Crippen LogP contribution in [-0.2, 0) is 32.6 Å². The SMILES string of the molecule is CC(=O)Nc1ccc(C[C@H](NC(=O)CCCCCc2cc(-c3ccccn3)nn2-c2ccc(C(C)(C)C)cc2)C(N)=O)cc1. The van der Waals surface area contributed by atoms with Crippen LogP contribution < -0.4 is 16.4 Å². The molecule has 3 amide bonds. The quantitative estimate of drug-likeness (QED) is 0.176. The molecule has 9 heteroatoms. The van der Waals surface area contributed by atoms with Gasteiger partial charge in [-0.1, -0.05) is 57.5 Å². The molecule has 0 bridgehead atoms. The van der Waals surface area contributed by atoms with Gasteiger partial charge in [0.05, 0.1) is 11.4 Å². The van der Waals surface area contributed by atoms with Crippen molar-refractivity contribution in [2.24, 2.45) is 5.73 Å². The molecule has 4 rings (SSSR count). The Kier molecular flexibility index (Phi) is 10.7. The summed E-state index contributed by atoms with van der Waals surface area (Å²) in [4.78, 5) is 40.4. The van der Waals surface area contributed by atoms with Crippen LogP contribution in [0, 0.1) is 0 Å². The highest BCUT2D eigenvalue weighted by molar-refractivity contribution is 5.89. The number of primary amides is 1. The summed E-state index contributed by atoms with van der Waals surface area (Å²) >= 11 is 0. The molecule has 0 aliphatic carbocycles. The number of carbonyl (C=O) groups is 3. The van der Waals surface area contributed by atoms with Crippen LogP contribution in [0.4, 0.5) is 5.69 Å². The average Bonchev–Trinajstić information content (AvgIpc) is 3.41. The van der Waals surface area contributed by atoms with Gasteiger partial charge in [0.15, 0.2) is 0 Å². The molecular formula is C35H42N6O3. The molecule has 2 heterocycles. The van der Waals surface area contributed by atoms with Crippen LogP contribution in [0.5, 0.6) is 0 Å². The fourth-order valence-electron chi connectivity index (χ4n) is 4.98. The first-order valence-electron chi connectivity index (χ1n) is 15.1. The zero-order valence-corrected chi connectivity index (χ0v) is 26.0. The number of hydrogen-bond donors (Lipinski definition) is 3. The Hall–Kier alpha value is -4.79. The molecule has 2 aromatic heterocycles. The molecule has 9 nitrogen and oxygen atoms in total. The van der Waals surface area contributed by atoms with Gasteiger partial charge in [0.2, 0.25) is 17.7 Å². The van der Waals surface area contributed by atoms with Crippen molar-refractivity contribution in [3.8, 4) is 17.1 Å². The van der Waals surface area contributed by atoms with Crippen molar-refractivity contribution >= 4 is 23.4 Å². The van der Waals surface area contributed by atoms with Gasteiger partial charge in [0, 0.05) is 37.3 Å². The summed E-state index contributed by atoms with van der Waals surface area (Å²) in [6, 6.07) is 22.7. The fraction of sp³-hybridized carbons (Fsp3) is 0.343. The molecule has 0 unspecified atom stereocenters. The number of nitrogens with two attached hydrogens (primary N) is 1.